The summed E-state index contributed by atoms with van der Waals surface area (Å²) in [6.45, 7) is -0.0815. The van der Waals surface area contributed by atoms with Crippen molar-refractivity contribution in [2.75, 3.05) is 13.1 Å². The Labute approximate surface area is 136 Å². The monoisotopic (exact) mass is 336 g/mol. The van der Waals surface area contributed by atoms with Crippen LogP contribution in [-0.2, 0) is 11.2 Å². The molecule has 2 aromatic carbocycles. The second-order valence-corrected chi connectivity index (χ2v) is 5.04. The van der Waals surface area contributed by atoms with E-state index in [2.05, 4.69) is 10.6 Å². The number of rotatable bonds is 6. The van der Waals surface area contributed by atoms with E-state index in [0.29, 0.717) is 12.5 Å². The van der Waals surface area contributed by atoms with E-state index in [1.165, 1.54) is 12.1 Å². The summed E-state index contributed by atoms with van der Waals surface area (Å²) in [4.78, 5) is 23.3. The number of carbonyl (C=O) groups excluding carboxylic acids is 2. The van der Waals surface area contributed by atoms with Crippen molar-refractivity contribution in [2.45, 2.75) is 6.42 Å². The molecule has 0 bridgehead atoms. The third-order valence-corrected chi connectivity index (χ3v) is 3.21. The highest BCUT2D eigenvalue weighted by Crippen LogP contribution is 2.09. The Morgan fingerprint density at radius 3 is 2.38 bits per heavy atom. The molecule has 0 aliphatic carbocycles. The number of amides is 2. The van der Waals surface area contributed by atoms with E-state index in [-0.39, 0.29) is 24.5 Å². The summed E-state index contributed by atoms with van der Waals surface area (Å²) in [6.07, 6.45) is 0.435. The molecule has 0 heterocycles. The fraction of sp³-hybridized carbons (Fsp3) is 0.176. The van der Waals surface area contributed by atoms with Crippen molar-refractivity contribution in [2.24, 2.45) is 0 Å². The zero-order valence-corrected chi connectivity index (χ0v) is 12.6. The zero-order valence-electron chi connectivity index (χ0n) is 12.6. The van der Waals surface area contributed by atoms with E-state index >= 15 is 0 Å². The maximum atomic E-state index is 13.4. The maximum absolute atomic E-state index is 13.4. The molecule has 0 spiro atoms. The lowest BCUT2D eigenvalue weighted by Crippen LogP contribution is -2.38. The first-order valence-electron chi connectivity index (χ1n) is 7.20. The van der Waals surface area contributed by atoms with Crippen LogP contribution in [0.15, 0.2) is 42.5 Å². The molecule has 2 rings (SSSR count). The van der Waals surface area contributed by atoms with Crippen LogP contribution in [0.4, 0.5) is 13.2 Å². The van der Waals surface area contributed by atoms with Gasteiger partial charge in [0.25, 0.3) is 5.91 Å². The summed E-state index contributed by atoms with van der Waals surface area (Å²) in [5.74, 6) is -3.43. The largest absolute Gasteiger partial charge is 0.354 e. The van der Waals surface area contributed by atoms with E-state index < -0.39 is 23.4 Å². The highest BCUT2D eigenvalue weighted by molar-refractivity contribution is 5.96. The first-order chi connectivity index (χ1) is 11.5. The van der Waals surface area contributed by atoms with Gasteiger partial charge in [-0.3, -0.25) is 9.59 Å². The van der Waals surface area contributed by atoms with E-state index in [1.54, 1.807) is 12.1 Å². The second kappa shape index (κ2) is 8.14. The third kappa shape index (κ3) is 5.12. The molecule has 0 fully saturated rings. The zero-order chi connectivity index (χ0) is 17.5. The molecule has 2 N–H and O–H groups in total. The highest BCUT2D eigenvalue weighted by atomic mass is 19.1. The molecular weight excluding hydrogens is 321 g/mol. The minimum Gasteiger partial charge on any atom is -0.354 e. The van der Waals surface area contributed by atoms with E-state index in [4.69, 9.17) is 0 Å². The Morgan fingerprint density at radius 2 is 1.67 bits per heavy atom. The predicted molar refractivity (Wildman–Crippen MR) is 81.8 cm³/mol. The number of hydrogen-bond acceptors (Lipinski definition) is 2. The van der Waals surface area contributed by atoms with Crippen LogP contribution in [-0.4, -0.2) is 24.9 Å². The molecule has 0 aliphatic rings. The molecule has 0 saturated heterocycles. The molecule has 0 aromatic heterocycles. The summed E-state index contributed by atoms with van der Waals surface area (Å²) in [6, 6.07) is 8.54. The van der Waals surface area contributed by atoms with Gasteiger partial charge >= 0.3 is 0 Å². The van der Waals surface area contributed by atoms with Gasteiger partial charge in [-0.1, -0.05) is 12.1 Å². The normalized spacial score (nSPS) is 10.3. The summed E-state index contributed by atoms with van der Waals surface area (Å²) in [5, 5.41) is 4.79. The van der Waals surface area contributed by atoms with Crippen molar-refractivity contribution in [3.63, 3.8) is 0 Å². The second-order valence-electron chi connectivity index (χ2n) is 5.04. The van der Waals surface area contributed by atoms with Crippen molar-refractivity contribution in [3.05, 3.63) is 71.0 Å². The lowest BCUT2D eigenvalue weighted by Gasteiger charge is -2.08. The van der Waals surface area contributed by atoms with Crippen LogP contribution in [0.25, 0.3) is 0 Å². The highest BCUT2D eigenvalue weighted by Gasteiger charge is 2.13. The molecule has 2 amide bonds. The van der Waals surface area contributed by atoms with E-state index in [1.807, 2.05) is 0 Å². The maximum Gasteiger partial charge on any atom is 0.254 e. The Hall–Kier alpha value is -2.83. The van der Waals surface area contributed by atoms with Gasteiger partial charge in [0.1, 0.15) is 17.5 Å². The first kappa shape index (κ1) is 17.5. The Bertz CT molecular complexity index is 750. The van der Waals surface area contributed by atoms with E-state index in [0.717, 1.165) is 17.7 Å². The van der Waals surface area contributed by atoms with Gasteiger partial charge < -0.3 is 10.6 Å². The number of carbonyl (C=O) groups is 2. The van der Waals surface area contributed by atoms with Crippen molar-refractivity contribution >= 4 is 11.8 Å². The standard InChI is InChI=1S/C17H15F3N2O2/c18-12-3-1-2-11(8-12)6-7-21-16(23)10-22-17(24)14-5-4-13(19)9-15(14)20/h1-5,8-9H,6-7,10H2,(H,21,23)(H,22,24). The topological polar surface area (TPSA) is 58.2 Å². The molecular formula is C17H15F3N2O2. The van der Waals surface area contributed by atoms with Gasteiger partial charge in [0.05, 0.1) is 12.1 Å². The van der Waals surface area contributed by atoms with Crippen LogP contribution in [0.2, 0.25) is 0 Å². The number of halogens is 3. The molecule has 0 radical (unpaired) electrons. The smallest absolute Gasteiger partial charge is 0.254 e. The minimum absolute atomic E-state index is 0.267. The van der Waals surface area contributed by atoms with Crippen molar-refractivity contribution < 1.29 is 22.8 Å². The quantitative estimate of drug-likeness (QED) is 0.850. The van der Waals surface area contributed by atoms with Gasteiger partial charge in [-0.15, -0.1) is 0 Å². The van der Waals surface area contributed by atoms with Gasteiger partial charge in [0.15, 0.2) is 0 Å². The number of benzene rings is 2. The first-order valence-corrected chi connectivity index (χ1v) is 7.20. The van der Waals surface area contributed by atoms with Gasteiger partial charge in [0, 0.05) is 12.6 Å². The summed E-state index contributed by atoms with van der Waals surface area (Å²) in [7, 11) is 0. The van der Waals surface area contributed by atoms with Crippen LogP contribution in [0.1, 0.15) is 15.9 Å². The summed E-state index contributed by atoms with van der Waals surface area (Å²) in [5.41, 5.74) is 0.386. The Morgan fingerprint density at radius 1 is 0.917 bits per heavy atom. The van der Waals surface area contributed by atoms with Crippen molar-refractivity contribution in [3.8, 4) is 0 Å². The van der Waals surface area contributed by atoms with Gasteiger partial charge in [-0.05, 0) is 36.2 Å². The van der Waals surface area contributed by atoms with Crippen LogP contribution in [0.5, 0.6) is 0 Å². The average molecular weight is 336 g/mol. The molecule has 126 valence electrons. The molecule has 0 atom stereocenters. The van der Waals surface area contributed by atoms with Crippen LogP contribution in [0.3, 0.4) is 0 Å². The number of nitrogens with one attached hydrogen (secondary N) is 2. The Kier molecular flexibility index (Phi) is 5.95. The average Bonchev–Trinajstić information content (AvgIpc) is 2.53. The third-order valence-electron chi connectivity index (χ3n) is 3.21. The molecule has 0 saturated carbocycles. The predicted octanol–water partition coefficient (Wildman–Crippen LogP) is 2.19. The SMILES string of the molecule is O=C(CNC(=O)c1ccc(F)cc1F)NCCc1cccc(F)c1. The van der Waals surface area contributed by atoms with E-state index in [9.17, 15) is 22.8 Å². The molecule has 4 nitrogen and oxygen atoms in total. The van der Waals surface area contributed by atoms with Crippen LogP contribution in [0, 0.1) is 17.5 Å². The van der Waals surface area contributed by atoms with Gasteiger partial charge in [0.2, 0.25) is 5.91 Å². The fourth-order valence-corrected chi connectivity index (χ4v) is 2.03. The van der Waals surface area contributed by atoms with Crippen LogP contribution >= 0.6 is 0 Å². The van der Waals surface area contributed by atoms with Crippen LogP contribution < -0.4 is 10.6 Å². The molecule has 24 heavy (non-hydrogen) atoms. The lowest BCUT2D eigenvalue weighted by atomic mass is 10.1. The summed E-state index contributed by atoms with van der Waals surface area (Å²) < 4.78 is 39.2. The van der Waals surface area contributed by atoms with Crippen molar-refractivity contribution in [1.29, 1.82) is 0 Å². The molecule has 7 heteroatoms. The minimum atomic E-state index is -1.00. The Balaban J connectivity index is 1.75. The lowest BCUT2D eigenvalue weighted by molar-refractivity contribution is -0.120. The summed E-state index contributed by atoms with van der Waals surface area (Å²) >= 11 is 0. The van der Waals surface area contributed by atoms with Crippen molar-refractivity contribution in [1.82, 2.24) is 10.6 Å². The number of hydrogen-bond donors (Lipinski definition) is 2. The molecule has 0 unspecified atom stereocenters. The van der Waals surface area contributed by atoms with Gasteiger partial charge in [-0.25, -0.2) is 13.2 Å². The molecule has 2 aromatic rings. The van der Waals surface area contributed by atoms with Gasteiger partial charge in [-0.2, -0.15) is 0 Å². The fourth-order valence-electron chi connectivity index (χ4n) is 2.03. The molecule has 0 aliphatic heterocycles.